The van der Waals surface area contributed by atoms with E-state index >= 15 is 0 Å². The van der Waals surface area contributed by atoms with Gasteiger partial charge in [0.2, 0.25) is 0 Å². The number of rotatable bonds is 5. The van der Waals surface area contributed by atoms with Crippen molar-refractivity contribution in [3.8, 4) is 5.69 Å². The minimum absolute atomic E-state index is 0.00306. The lowest BCUT2D eigenvalue weighted by Crippen LogP contribution is -2.10. The molecule has 0 saturated heterocycles. The summed E-state index contributed by atoms with van der Waals surface area (Å²) in [6, 6.07) is 9.23. The van der Waals surface area contributed by atoms with Gasteiger partial charge < -0.3 is 9.30 Å². The second-order valence-corrected chi connectivity index (χ2v) is 3.92. The number of carbonyl (C=O) groups excluding carboxylic acids is 1. The van der Waals surface area contributed by atoms with Gasteiger partial charge in [0.1, 0.15) is 12.3 Å². The highest BCUT2D eigenvalue weighted by atomic mass is 16.6. The summed E-state index contributed by atoms with van der Waals surface area (Å²) in [4.78, 5) is 22.0. The second kappa shape index (κ2) is 5.83. The number of ether oxygens (including phenoxy) is 1. The number of aromatic nitrogens is 1. The Morgan fingerprint density at radius 3 is 2.65 bits per heavy atom. The number of hydrogen-bond acceptors (Lipinski definition) is 4. The van der Waals surface area contributed by atoms with Crippen molar-refractivity contribution in [3.63, 3.8) is 0 Å². The molecular weight excluding hydrogens is 260 g/mol. The highest BCUT2D eigenvalue weighted by Crippen LogP contribution is 2.18. The van der Waals surface area contributed by atoms with E-state index in [1.54, 1.807) is 35.0 Å². The minimum Gasteiger partial charge on any atom is -0.457 e. The molecule has 1 heterocycles. The summed E-state index contributed by atoms with van der Waals surface area (Å²) >= 11 is 0. The van der Waals surface area contributed by atoms with E-state index in [1.807, 2.05) is 0 Å². The van der Waals surface area contributed by atoms with Gasteiger partial charge in [-0.05, 0) is 24.3 Å². The Labute approximate surface area is 115 Å². The van der Waals surface area contributed by atoms with Gasteiger partial charge in [-0.2, -0.15) is 0 Å². The Morgan fingerprint density at radius 1 is 1.35 bits per heavy atom. The van der Waals surface area contributed by atoms with Crippen LogP contribution in [-0.4, -0.2) is 22.1 Å². The predicted octanol–water partition coefficient (Wildman–Crippen LogP) is 2.73. The number of esters is 1. The number of nitro benzene ring substituents is 1. The molecule has 1 aromatic heterocycles. The lowest BCUT2D eigenvalue weighted by molar-refractivity contribution is -0.384. The molecule has 0 N–H and O–H groups in total. The van der Waals surface area contributed by atoms with Gasteiger partial charge in [0.05, 0.1) is 4.92 Å². The Hall–Kier alpha value is -2.89. The van der Waals surface area contributed by atoms with Gasteiger partial charge >= 0.3 is 5.97 Å². The first-order valence-corrected chi connectivity index (χ1v) is 5.83. The van der Waals surface area contributed by atoms with E-state index in [1.165, 1.54) is 18.2 Å². The van der Waals surface area contributed by atoms with Crippen molar-refractivity contribution < 1.29 is 14.5 Å². The molecule has 0 aliphatic carbocycles. The zero-order valence-electron chi connectivity index (χ0n) is 10.6. The fourth-order valence-electron chi connectivity index (χ4n) is 1.72. The first-order valence-electron chi connectivity index (χ1n) is 5.83. The molecule has 20 heavy (non-hydrogen) atoms. The molecule has 0 unspecified atom stereocenters. The maximum atomic E-state index is 11.8. The van der Waals surface area contributed by atoms with E-state index in [0.29, 0.717) is 11.4 Å². The molecule has 1 aromatic carbocycles. The average Bonchev–Trinajstić information content (AvgIpc) is 2.94. The highest BCUT2D eigenvalue weighted by Gasteiger charge is 2.13. The maximum Gasteiger partial charge on any atom is 0.355 e. The minimum atomic E-state index is -0.478. The van der Waals surface area contributed by atoms with Crippen molar-refractivity contribution in [2.75, 3.05) is 6.61 Å². The Kier molecular flexibility index (Phi) is 3.95. The fraction of sp³-hybridized carbons (Fsp3) is 0.0714. The molecule has 0 aliphatic heterocycles. The Morgan fingerprint density at radius 2 is 2.05 bits per heavy atom. The molecule has 0 atom stereocenters. The monoisotopic (exact) mass is 272 g/mol. The van der Waals surface area contributed by atoms with Gasteiger partial charge in [-0.15, -0.1) is 0 Å². The van der Waals surface area contributed by atoms with Crippen LogP contribution in [0, 0.1) is 10.1 Å². The van der Waals surface area contributed by atoms with Crippen LogP contribution in [0.15, 0.2) is 55.3 Å². The number of carbonyl (C=O) groups is 1. The summed E-state index contributed by atoms with van der Waals surface area (Å²) in [6.07, 6.45) is 3.17. The van der Waals surface area contributed by atoms with Crippen molar-refractivity contribution in [3.05, 3.63) is 71.1 Å². The lowest BCUT2D eigenvalue weighted by atomic mass is 10.2. The summed E-state index contributed by atoms with van der Waals surface area (Å²) in [6.45, 7) is 3.60. The zero-order valence-corrected chi connectivity index (χ0v) is 10.6. The number of benzene rings is 1. The van der Waals surface area contributed by atoms with Crippen LogP contribution in [0.4, 0.5) is 5.69 Å². The van der Waals surface area contributed by atoms with Crippen molar-refractivity contribution in [2.24, 2.45) is 0 Å². The molecular formula is C14H12N2O4. The van der Waals surface area contributed by atoms with Crippen LogP contribution >= 0.6 is 0 Å². The quantitative estimate of drug-likeness (QED) is 0.363. The number of hydrogen-bond donors (Lipinski definition) is 0. The summed E-state index contributed by atoms with van der Waals surface area (Å²) in [5.74, 6) is -0.478. The van der Waals surface area contributed by atoms with E-state index in [0.717, 1.165) is 0 Å². The van der Waals surface area contributed by atoms with Crippen molar-refractivity contribution in [1.82, 2.24) is 4.57 Å². The molecule has 2 aromatic rings. The molecule has 6 heteroatoms. The van der Waals surface area contributed by atoms with Crippen LogP contribution < -0.4 is 0 Å². The smallest absolute Gasteiger partial charge is 0.355 e. The fourth-order valence-corrected chi connectivity index (χ4v) is 1.72. The lowest BCUT2D eigenvalue weighted by Gasteiger charge is -2.08. The third kappa shape index (κ3) is 2.74. The molecule has 2 rings (SSSR count). The summed E-state index contributed by atoms with van der Waals surface area (Å²) < 4.78 is 6.58. The first kappa shape index (κ1) is 13.5. The molecule has 102 valence electrons. The molecule has 0 aliphatic rings. The number of nitrogens with zero attached hydrogens (tertiary/aromatic N) is 2. The summed E-state index contributed by atoms with van der Waals surface area (Å²) in [7, 11) is 0. The van der Waals surface area contributed by atoms with Crippen molar-refractivity contribution in [2.45, 2.75) is 0 Å². The summed E-state index contributed by atoms with van der Waals surface area (Å²) in [5.41, 5.74) is 0.989. The van der Waals surface area contributed by atoms with Gasteiger partial charge in [-0.3, -0.25) is 10.1 Å². The normalized spacial score (nSPS) is 10.0. The number of nitro groups is 1. The molecule has 0 radical (unpaired) electrons. The molecule has 0 fully saturated rings. The van der Waals surface area contributed by atoms with Crippen LogP contribution in [0.2, 0.25) is 0 Å². The van der Waals surface area contributed by atoms with Gasteiger partial charge in [0.25, 0.3) is 5.69 Å². The topological polar surface area (TPSA) is 74.4 Å². The van der Waals surface area contributed by atoms with Crippen molar-refractivity contribution >= 4 is 11.7 Å². The van der Waals surface area contributed by atoms with E-state index in [-0.39, 0.29) is 12.3 Å². The van der Waals surface area contributed by atoms with Gasteiger partial charge in [0, 0.05) is 24.0 Å². The molecule has 0 saturated carbocycles. The second-order valence-electron chi connectivity index (χ2n) is 3.92. The van der Waals surface area contributed by atoms with Crippen LogP contribution in [0.25, 0.3) is 5.69 Å². The van der Waals surface area contributed by atoms with E-state index in [2.05, 4.69) is 6.58 Å². The van der Waals surface area contributed by atoms with Gasteiger partial charge in [-0.25, -0.2) is 4.79 Å². The maximum absolute atomic E-state index is 11.8. The molecule has 0 amide bonds. The third-order valence-electron chi connectivity index (χ3n) is 2.63. The molecule has 0 spiro atoms. The van der Waals surface area contributed by atoms with Crippen molar-refractivity contribution in [1.29, 1.82) is 0 Å². The van der Waals surface area contributed by atoms with Crippen LogP contribution in [0.1, 0.15) is 10.5 Å². The van der Waals surface area contributed by atoms with E-state index in [9.17, 15) is 14.9 Å². The average molecular weight is 272 g/mol. The Bertz CT molecular complexity index is 643. The largest absolute Gasteiger partial charge is 0.457 e. The van der Waals surface area contributed by atoms with E-state index in [4.69, 9.17) is 4.74 Å². The Balaban J connectivity index is 2.29. The number of non-ortho nitro benzene ring substituents is 1. The molecule has 6 nitrogen and oxygen atoms in total. The van der Waals surface area contributed by atoms with Gasteiger partial charge in [-0.1, -0.05) is 12.7 Å². The molecule has 0 bridgehead atoms. The van der Waals surface area contributed by atoms with E-state index < -0.39 is 10.9 Å². The zero-order chi connectivity index (χ0) is 14.5. The van der Waals surface area contributed by atoms with Crippen LogP contribution in [-0.2, 0) is 4.74 Å². The van der Waals surface area contributed by atoms with Gasteiger partial charge in [0.15, 0.2) is 0 Å². The standard InChI is InChI=1S/C14H12N2O4/c1-2-10-20-14(17)13-4-3-9-15(13)11-5-7-12(8-6-11)16(18)19/h2-9H,1,10H2. The van der Waals surface area contributed by atoms with Crippen LogP contribution in [0.5, 0.6) is 0 Å². The van der Waals surface area contributed by atoms with Crippen LogP contribution in [0.3, 0.4) is 0 Å². The first-order chi connectivity index (χ1) is 9.63. The predicted molar refractivity (Wildman–Crippen MR) is 72.9 cm³/mol. The SMILES string of the molecule is C=CCOC(=O)c1cccn1-c1ccc([N+](=O)[O-])cc1. The summed E-state index contributed by atoms with van der Waals surface area (Å²) in [5, 5.41) is 10.6. The third-order valence-corrected chi connectivity index (χ3v) is 2.63. The highest BCUT2D eigenvalue weighted by molar-refractivity contribution is 5.88.